The van der Waals surface area contributed by atoms with Crippen LogP contribution < -0.4 is 4.90 Å². The maximum absolute atomic E-state index is 13.1. The Bertz CT molecular complexity index is 635. The van der Waals surface area contributed by atoms with Gasteiger partial charge in [-0.25, -0.2) is 4.79 Å². The summed E-state index contributed by atoms with van der Waals surface area (Å²) in [7, 11) is 0. The van der Waals surface area contributed by atoms with Gasteiger partial charge in [-0.05, 0) is 31.0 Å². The van der Waals surface area contributed by atoms with E-state index in [9.17, 15) is 18.0 Å². The molecule has 120 valence electrons. The first-order valence-corrected chi connectivity index (χ1v) is 7.63. The van der Waals surface area contributed by atoms with Crippen LogP contribution in [0.1, 0.15) is 18.1 Å². The Kier molecular flexibility index (Phi) is 3.54. The molecule has 1 fully saturated rings. The number of carboxylic acid groups (broad SMARTS) is 1. The summed E-state index contributed by atoms with van der Waals surface area (Å²) in [5.41, 5.74) is 0.696. The van der Waals surface area contributed by atoms with Gasteiger partial charge in [0, 0.05) is 29.3 Å². The van der Waals surface area contributed by atoms with Gasteiger partial charge in [0.15, 0.2) is 0 Å². The van der Waals surface area contributed by atoms with Crippen LogP contribution in [0.15, 0.2) is 16.6 Å². The van der Waals surface area contributed by atoms with E-state index in [-0.39, 0.29) is 16.6 Å². The summed E-state index contributed by atoms with van der Waals surface area (Å²) in [6, 6.07) is 2.42. The largest absolute Gasteiger partial charge is 0.465 e. The lowest BCUT2D eigenvalue weighted by molar-refractivity contribution is -0.138. The molecular weight excluding hydrogens is 365 g/mol. The average Bonchev–Trinajstić information content (AvgIpc) is 2.73. The molecule has 1 aromatic rings. The van der Waals surface area contributed by atoms with Gasteiger partial charge < -0.3 is 14.9 Å². The number of carbonyl (C=O) groups is 1. The normalized spacial score (nSPS) is 24.2. The Morgan fingerprint density at radius 2 is 2.05 bits per heavy atom. The highest BCUT2D eigenvalue weighted by atomic mass is 79.9. The summed E-state index contributed by atoms with van der Waals surface area (Å²) in [5.74, 6) is 0. The molecule has 0 unspecified atom stereocenters. The third kappa shape index (κ3) is 2.43. The second-order valence-corrected chi connectivity index (χ2v) is 6.61. The third-order valence-electron chi connectivity index (χ3n) is 4.26. The molecule has 4 nitrogen and oxygen atoms in total. The monoisotopic (exact) mass is 378 g/mol. The van der Waals surface area contributed by atoms with Gasteiger partial charge in [-0.1, -0.05) is 15.9 Å². The summed E-state index contributed by atoms with van der Waals surface area (Å²) < 4.78 is 39.2. The number of rotatable bonds is 0. The number of amides is 1. The molecule has 0 spiro atoms. The summed E-state index contributed by atoms with van der Waals surface area (Å²) in [4.78, 5) is 14.4. The topological polar surface area (TPSA) is 43.8 Å². The molecule has 1 N–H and O–H groups in total. The number of anilines is 1. The zero-order valence-electron chi connectivity index (χ0n) is 11.7. The second kappa shape index (κ2) is 5.04. The van der Waals surface area contributed by atoms with Crippen LogP contribution in [0.5, 0.6) is 0 Å². The first-order valence-electron chi connectivity index (χ1n) is 6.84. The molecule has 2 aliphatic rings. The third-order valence-corrected chi connectivity index (χ3v) is 4.92. The molecule has 0 radical (unpaired) electrons. The van der Waals surface area contributed by atoms with Gasteiger partial charge in [0.05, 0.1) is 11.6 Å². The number of alkyl halides is 3. The molecule has 8 heteroatoms. The van der Waals surface area contributed by atoms with Crippen LogP contribution >= 0.6 is 15.9 Å². The molecule has 1 saturated heterocycles. The Labute approximate surface area is 133 Å². The van der Waals surface area contributed by atoms with E-state index in [2.05, 4.69) is 15.9 Å². The average molecular weight is 379 g/mol. The van der Waals surface area contributed by atoms with Crippen LogP contribution in [0, 0.1) is 0 Å². The van der Waals surface area contributed by atoms with Crippen molar-refractivity contribution in [1.29, 1.82) is 0 Å². The van der Waals surface area contributed by atoms with Crippen LogP contribution in [0.3, 0.4) is 0 Å². The van der Waals surface area contributed by atoms with Crippen LogP contribution in [-0.4, -0.2) is 41.3 Å². The predicted octanol–water partition coefficient (Wildman–Crippen LogP) is 3.58. The number of benzene rings is 1. The van der Waals surface area contributed by atoms with E-state index in [1.54, 1.807) is 0 Å². The van der Waals surface area contributed by atoms with Gasteiger partial charge in [-0.2, -0.15) is 13.2 Å². The number of fused-ring (bicyclic) bond motifs is 3. The zero-order chi connectivity index (χ0) is 16.2. The van der Waals surface area contributed by atoms with Crippen molar-refractivity contribution < 1.29 is 23.1 Å². The Morgan fingerprint density at radius 3 is 2.64 bits per heavy atom. The molecule has 0 aromatic heterocycles. The van der Waals surface area contributed by atoms with Crippen molar-refractivity contribution in [2.45, 2.75) is 31.6 Å². The standard InChI is InChI=1S/C14H14BrF3N2O2/c1-7-5-19(13(21)22)6-9-2-8-3-11(15)10(14(16,17)18)4-12(8)20(7)9/h3-4,7,9H,2,5-6H2,1H3,(H,21,22)/t7-,9+/m1/s1. The van der Waals surface area contributed by atoms with Crippen molar-refractivity contribution in [3.63, 3.8) is 0 Å². The molecular formula is C14H14BrF3N2O2. The summed E-state index contributed by atoms with van der Waals surface area (Å²) in [6.07, 6.45) is -4.85. The number of piperazine rings is 1. The molecule has 2 atom stereocenters. The maximum atomic E-state index is 13.1. The SMILES string of the molecule is C[C@@H]1CN(C(=O)O)C[C@@H]2Cc3cc(Br)c(C(F)(F)F)cc3N21. The van der Waals surface area contributed by atoms with Crippen molar-refractivity contribution in [2.75, 3.05) is 18.0 Å². The number of halogens is 4. The summed E-state index contributed by atoms with van der Waals surface area (Å²) in [6.45, 7) is 2.45. The first-order chi connectivity index (χ1) is 10.2. The number of hydrogen-bond donors (Lipinski definition) is 1. The summed E-state index contributed by atoms with van der Waals surface area (Å²) >= 11 is 2.99. The molecule has 22 heavy (non-hydrogen) atoms. The van der Waals surface area contributed by atoms with Gasteiger partial charge in [0.25, 0.3) is 0 Å². The van der Waals surface area contributed by atoms with Crippen LogP contribution in [0.25, 0.3) is 0 Å². The minimum Gasteiger partial charge on any atom is -0.465 e. The van der Waals surface area contributed by atoms with Crippen molar-refractivity contribution >= 4 is 27.7 Å². The molecule has 1 aromatic carbocycles. The lowest BCUT2D eigenvalue weighted by Gasteiger charge is -2.42. The first kappa shape index (κ1) is 15.5. The van der Waals surface area contributed by atoms with E-state index in [4.69, 9.17) is 5.11 Å². The van der Waals surface area contributed by atoms with E-state index in [1.165, 1.54) is 17.0 Å². The van der Waals surface area contributed by atoms with Gasteiger partial charge >= 0.3 is 12.3 Å². The van der Waals surface area contributed by atoms with Gasteiger partial charge in [-0.15, -0.1) is 0 Å². The van der Waals surface area contributed by atoms with Crippen molar-refractivity contribution in [3.8, 4) is 0 Å². The van der Waals surface area contributed by atoms with Crippen molar-refractivity contribution in [2.24, 2.45) is 0 Å². The highest BCUT2D eigenvalue weighted by molar-refractivity contribution is 9.10. The van der Waals surface area contributed by atoms with E-state index < -0.39 is 17.8 Å². The van der Waals surface area contributed by atoms with Crippen LogP contribution in [0.2, 0.25) is 0 Å². The van der Waals surface area contributed by atoms with Crippen molar-refractivity contribution in [3.05, 3.63) is 27.7 Å². The van der Waals surface area contributed by atoms with Gasteiger partial charge in [0.1, 0.15) is 0 Å². The molecule has 1 amide bonds. The van der Waals surface area contributed by atoms with Gasteiger partial charge in [0.2, 0.25) is 0 Å². The van der Waals surface area contributed by atoms with E-state index >= 15 is 0 Å². The second-order valence-electron chi connectivity index (χ2n) is 5.76. The minimum atomic E-state index is -4.42. The maximum Gasteiger partial charge on any atom is 0.417 e. The number of nitrogens with zero attached hydrogens (tertiary/aromatic N) is 2. The zero-order valence-corrected chi connectivity index (χ0v) is 13.3. The van der Waals surface area contributed by atoms with Gasteiger partial charge in [-0.3, -0.25) is 0 Å². The Morgan fingerprint density at radius 1 is 1.36 bits per heavy atom. The molecule has 0 bridgehead atoms. The highest BCUT2D eigenvalue weighted by Gasteiger charge is 2.42. The van der Waals surface area contributed by atoms with Crippen molar-refractivity contribution in [1.82, 2.24) is 4.90 Å². The quantitative estimate of drug-likeness (QED) is 0.750. The molecule has 2 aliphatic heterocycles. The molecule has 0 saturated carbocycles. The fraction of sp³-hybridized carbons (Fsp3) is 0.500. The predicted molar refractivity (Wildman–Crippen MR) is 78.2 cm³/mol. The molecule has 0 aliphatic carbocycles. The highest BCUT2D eigenvalue weighted by Crippen LogP contribution is 2.44. The van der Waals surface area contributed by atoms with Crippen LogP contribution in [-0.2, 0) is 12.6 Å². The fourth-order valence-corrected chi connectivity index (χ4v) is 4.03. The molecule has 3 rings (SSSR count). The minimum absolute atomic E-state index is 0.0290. The van der Waals surface area contributed by atoms with Crippen LogP contribution in [0.4, 0.5) is 23.7 Å². The van der Waals surface area contributed by atoms with E-state index in [0.717, 1.165) is 5.56 Å². The van der Waals surface area contributed by atoms with E-state index in [1.807, 2.05) is 11.8 Å². The smallest absolute Gasteiger partial charge is 0.417 e. The fourth-order valence-electron chi connectivity index (χ4n) is 3.41. The molecule has 2 heterocycles. The Hall–Kier alpha value is -1.44. The number of hydrogen-bond acceptors (Lipinski definition) is 2. The summed E-state index contributed by atoms with van der Waals surface area (Å²) in [5, 5.41) is 9.14. The Balaban J connectivity index is 1.99. The lowest BCUT2D eigenvalue weighted by Crippen LogP contribution is -2.57. The van der Waals surface area contributed by atoms with E-state index in [0.29, 0.717) is 25.2 Å². The lowest BCUT2D eigenvalue weighted by atomic mass is 10.1.